The fourth-order valence-corrected chi connectivity index (χ4v) is 1.99. The van der Waals surface area contributed by atoms with Gasteiger partial charge in [-0.05, 0) is 43.4 Å². The van der Waals surface area contributed by atoms with Crippen molar-refractivity contribution in [2.45, 2.75) is 20.8 Å². The molecule has 0 aliphatic carbocycles. The third kappa shape index (κ3) is 2.70. The maximum absolute atomic E-state index is 11.0. The van der Waals surface area contributed by atoms with E-state index in [9.17, 15) is 4.79 Å². The highest BCUT2D eigenvalue weighted by molar-refractivity contribution is 7.11. The molecule has 14 heavy (non-hydrogen) atoms. The molecule has 0 bridgehead atoms. The van der Waals surface area contributed by atoms with Crippen molar-refractivity contribution in [1.29, 1.82) is 0 Å². The molecule has 0 aliphatic rings. The lowest BCUT2D eigenvalue weighted by Crippen LogP contribution is -1.98. The average Bonchev–Trinajstić information content (AvgIpc) is 2.46. The van der Waals surface area contributed by atoms with Gasteiger partial charge in [0, 0.05) is 11.0 Å². The molecule has 1 heterocycles. The first-order valence-electron chi connectivity index (χ1n) is 4.54. The topological polar surface area (TPSA) is 26.3 Å². The number of hydrogen-bond acceptors (Lipinski definition) is 3. The van der Waals surface area contributed by atoms with E-state index in [-0.39, 0.29) is 5.97 Å². The van der Waals surface area contributed by atoms with E-state index in [1.54, 1.807) is 18.3 Å². The largest absolute Gasteiger partial charge is 0.463 e. The fraction of sp³-hybridized carbons (Fsp3) is 0.364. The third-order valence-corrected chi connectivity index (χ3v) is 3.15. The molecule has 1 aromatic heterocycles. The normalized spacial score (nSPS) is 10.8. The van der Waals surface area contributed by atoms with Gasteiger partial charge in [0.1, 0.15) is 0 Å². The van der Waals surface area contributed by atoms with E-state index in [0.717, 1.165) is 4.88 Å². The van der Waals surface area contributed by atoms with E-state index in [1.807, 2.05) is 6.08 Å². The van der Waals surface area contributed by atoms with E-state index in [4.69, 9.17) is 4.74 Å². The number of rotatable bonds is 3. The molecule has 1 rings (SSSR count). The molecular formula is C11H14O2S. The van der Waals surface area contributed by atoms with Crippen molar-refractivity contribution in [1.82, 2.24) is 0 Å². The van der Waals surface area contributed by atoms with Crippen LogP contribution in [0.1, 0.15) is 22.9 Å². The molecule has 0 aliphatic heterocycles. The van der Waals surface area contributed by atoms with Gasteiger partial charge in [-0.15, -0.1) is 11.3 Å². The highest BCUT2D eigenvalue weighted by Gasteiger charge is 2.01. The summed E-state index contributed by atoms with van der Waals surface area (Å²) in [6.07, 6.45) is 3.28. The van der Waals surface area contributed by atoms with Crippen molar-refractivity contribution in [2.24, 2.45) is 0 Å². The Bertz CT molecular complexity index is 350. The molecule has 0 spiro atoms. The van der Waals surface area contributed by atoms with Gasteiger partial charge in [-0.2, -0.15) is 0 Å². The number of ether oxygens (including phenoxy) is 1. The number of carbonyl (C=O) groups is 1. The number of carbonyl (C=O) groups excluding carboxylic acids is 1. The van der Waals surface area contributed by atoms with Gasteiger partial charge < -0.3 is 4.74 Å². The zero-order chi connectivity index (χ0) is 10.6. The molecule has 1 aromatic rings. The van der Waals surface area contributed by atoms with Gasteiger partial charge in [-0.1, -0.05) is 0 Å². The number of hydrogen-bond donors (Lipinski definition) is 0. The average molecular weight is 210 g/mol. The zero-order valence-corrected chi connectivity index (χ0v) is 9.48. The van der Waals surface area contributed by atoms with Crippen LogP contribution in [-0.4, -0.2) is 12.6 Å². The fourth-order valence-electron chi connectivity index (χ4n) is 1.02. The van der Waals surface area contributed by atoms with Gasteiger partial charge in [0.25, 0.3) is 0 Å². The quantitative estimate of drug-likeness (QED) is 0.566. The van der Waals surface area contributed by atoms with Crippen molar-refractivity contribution < 1.29 is 9.53 Å². The maximum Gasteiger partial charge on any atom is 0.330 e. The van der Waals surface area contributed by atoms with Crippen LogP contribution in [0.4, 0.5) is 0 Å². The molecule has 0 radical (unpaired) electrons. The van der Waals surface area contributed by atoms with Crippen molar-refractivity contribution in [3.63, 3.8) is 0 Å². The van der Waals surface area contributed by atoms with Crippen molar-refractivity contribution >= 4 is 23.4 Å². The summed E-state index contributed by atoms with van der Waals surface area (Å²) >= 11 is 1.64. The summed E-state index contributed by atoms with van der Waals surface area (Å²) in [6.45, 7) is 6.34. The minimum Gasteiger partial charge on any atom is -0.463 e. The van der Waals surface area contributed by atoms with Crippen LogP contribution in [0, 0.1) is 13.8 Å². The SMILES string of the molecule is CCOC(=O)/C=C/c1scc(C)c1C. The van der Waals surface area contributed by atoms with Crippen LogP contribution < -0.4 is 0 Å². The number of thiophene rings is 1. The molecule has 2 nitrogen and oxygen atoms in total. The van der Waals surface area contributed by atoms with Gasteiger partial charge in [-0.3, -0.25) is 0 Å². The summed E-state index contributed by atoms with van der Waals surface area (Å²) in [4.78, 5) is 12.2. The second-order valence-corrected chi connectivity index (χ2v) is 3.90. The van der Waals surface area contributed by atoms with E-state index in [1.165, 1.54) is 17.2 Å². The molecule has 0 saturated heterocycles. The Morgan fingerprint density at radius 2 is 2.29 bits per heavy atom. The van der Waals surface area contributed by atoms with Crippen molar-refractivity contribution in [3.8, 4) is 0 Å². The van der Waals surface area contributed by atoms with Crippen LogP contribution in [0.3, 0.4) is 0 Å². The summed E-state index contributed by atoms with van der Waals surface area (Å²) in [7, 11) is 0. The molecule has 0 fully saturated rings. The predicted molar refractivity (Wildman–Crippen MR) is 59.5 cm³/mol. The first-order chi connectivity index (χ1) is 6.65. The van der Waals surface area contributed by atoms with Crippen LogP contribution in [0.15, 0.2) is 11.5 Å². The highest BCUT2D eigenvalue weighted by Crippen LogP contribution is 2.21. The van der Waals surface area contributed by atoms with E-state index in [0.29, 0.717) is 6.61 Å². The van der Waals surface area contributed by atoms with Crippen LogP contribution in [-0.2, 0) is 9.53 Å². The van der Waals surface area contributed by atoms with E-state index >= 15 is 0 Å². The van der Waals surface area contributed by atoms with Gasteiger partial charge in [0.2, 0.25) is 0 Å². The summed E-state index contributed by atoms with van der Waals surface area (Å²) < 4.78 is 4.79. The Balaban J connectivity index is 2.69. The lowest BCUT2D eigenvalue weighted by molar-refractivity contribution is -0.137. The highest BCUT2D eigenvalue weighted by atomic mass is 32.1. The van der Waals surface area contributed by atoms with Crippen LogP contribution in [0.25, 0.3) is 6.08 Å². The summed E-state index contributed by atoms with van der Waals surface area (Å²) in [5, 5.41) is 2.08. The first-order valence-corrected chi connectivity index (χ1v) is 5.42. The second-order valence-electron chi connectivity index (χ2n) is 2.99. The molecule has 0 saturated carbocycles. The minimum absolute atomic E-state index is 0.280. The van der Waals surface area contributed by atoms with E-state index in [2.05, 4.69) is 19.2 Å². The van der Waals surface area contributed by atoms with Crippen molar-refractivity contribution in [2.75, 3.05) is 6.61 Å². The zero-order valence-electron chi connectivity index (χ0n) is 8.66. The van der Waals surface area contributed by atoms with Gasteiger partial charge >= 0.3 is 5.97 Å². The molecule has 0 atom stereocenters. The Morgan fingerprint density at radius 1 is 1.57 bits per heavy atom. The first kappa shape index (κ1) is 11.0. The number of esters is 1. The summed E-state index contributed by atoms with van der Waals surface area (Å²) in [5.41, 5.74) is 2.49. The Hall–Kier alpha value is -1.09. The maximum atomic E-state index is 11.0. The smallest absolute Gasteiger partial charge is 0.330 e. The lowest BCUT2D eigenvalue weighted by atomic mass is 10.2. The summed E-state index contributed by atoms with van der Waals surface area (Å²) in [5.74, 6) is -0.280. The van der Waals surface area contributed by atoms with Gasteiger partial charge in [0.05, 0.1) is 6.61 Å². The van der Waals surface area contributed by atoms with E-state index < -0.39 is 0 Å². The predicted octanol–water partition coefficient (Wildman–Crippen LogP) is 2.94. The second kappa shape index (κ2) is 4.96. The third-order valence-electron chi connectivity index (χ3n) is 1.98. The van der Waals surface area contributed by atoms with Crippen LogP contribution in [0.5, 0.6) is 0 Å². The molecule has 76 valence electrons. The molecule has 0 unspecified atom stereocenters. The van der Waals surface area contributed by atoms with Crippen LogP contribution >= 0.6 is 11.3 Å². The van der Waals surface area contributed by atoms with Gasteiger partial charge in [0.15, 0.2) is 0 Å². The van der Waals surface area contributed by atoms with Crippen molar-refractivity contribution in [3.05, 3.63) is 27.5 Å². The Morgan fingerprint density at radius 3 is 2.79 bits per heavy atom. The van der Waals surface area contributed by atoms with Crippen LogP contribution in [0.2, 0.25) is 0 Å². The standard InChI is InChI=1S/C11H14O2S/c1-4-13-11(12)6-5-10-9(3)8(2)7-14-10/h5-7H,4H2,1-3H3/b6-5+. The number of aryl methyl sites for hydroxylation is 1. The minimum atomic E-state index is -0.280. The molecule has 0 amide bonds. The molecule has 0 aromatic carbocycles. The Labute approximate surface area is 88.2 Å². The van der Waals surface area contributed by atoms with Gasteiger partial charge in [-0.25, -0.2) is 4.79 Å². The molecule has 0 N–H and O–H groups in total. The lowest BCUT2D eigenvalue weighted by Gasteiger charge is -1.94. The monoisotopic (exact) mass is 210 g/mol. The molecule has 3 heteroatoms. The summed E-state index contributed by atoms with van der Waals surface area (Å²) in [6, 6.07) is 0. The Kier molecular flexibility index (Phi) is 3.89. The molecular weight excluding hydrogens is 196 g/mol.